The summed E-state index contributed by atoms with van der Waals surface area (Å²) in [6.45, 7) is 0. The first kappa shape index (κ1) is 14.7. The van der Waals surface area contributed by atoms with Crippen LogP contribution in [0.3, 0.4) is 0 Å². The number of halogens is 1. The molecule has 0 aliphatic carbocycles. The Morgan fingerprint density at radius 1 is 1.32 bits per heavy atom. The van der Waals surface area contributed by atoms with E-state index in [0.29, 0.717) is 18.7 Å². The highest BCUT2D eigenvalue weighted by atomic mass is 35.5. The third-order valence-electron chi connectivity index (χ3n) is 3.06. The maximum Gasteiger partial charge on any atom is 0.224 e. The molecule has 0 saturated carbocycles. The minimum absolute atomic E-state index is 0.0285. The van der Waals surface area contributed by atoms with E-state index >= 15 is 0 Å². The van der Waals surface area contributed by atoms with Crippen LogP contribution in [0.1, 0.15) is 11.3 Å². The molecule has 1 amide bonds. The fraction of sp³-hybridized carbons (Fsp3) is 0.133. The van der Waals surface area contributed by atoms with Crippen LogP contribution >= 0.6 is 22.9 Å². The van der Waals surface area contributed by atoms with Gasteiger partial charge in [-0.15, -0.1) is 11.3 Å². The molecule has 3 aromatic rings. The standard InChI is InChI=1S/C15H13ClN4OS/c16-13-6-4-12(22-13)5-7-14(21)19-11-3-1-2-10(8-11)15-17-9-18-20-15/h1-4,6,8-9H,5,7H2,(H,19,21)(H,17,18,20). The zero-order chi connectivity index (χ0) is 15.4. The van der Waals surface area contributed by atoms with Gasteiger partial charge in [-0.05, 0) is 30.7 Å². The van der Waals surface area contributed by atoms with Gasteiger partial charge in [0.1, 0.15) is 6.33 Å². The lowest BCUT2D eigenvalue weighted by molar-refractivity contribution is -0.116. The highest BCUT2D eigenvalue weighted by molar-refractivity contribution is 7.16. The summed E-state index contributed by atoms with van der Waals surface area (Å²) in [4.78, 5) is 17.2. The van der Waals surface area contributed by atoms with Gasteiger partial charge in [-0.2, -0.15) is 5.10 Å². The van der Waals surface area contributed by atoms with Crippen molar-refractivity contribution in [1.82, 2.24) is 15.2 Å². The van der Waals surface area contributed by atoms with Gasteiger partial charge in [0.05, 0.1) is 4.34 Å². The first-order valence-corrected chi connectivity index (χ1v) is 7.90. The van der Waals surface area contributed by atoms with Crippen molar-refractivity contribution in [3.8, 4) is 11.4 Å². The summed E-state index contributed by atoms with van der Waals surface area (Å²) < 4.78 is 0.746. The highest BCUT2D eigenvalue weighted by Crippen LogP contribution is 2.23. The van der Waals surface area contributed by atoms with Crippen LogP contribution in [-0.2, 0) is 11.2 Å². The van der Waals surface area contributed by atoms with Crippen LogP contribution in [0.25, 0.3) is 11.4 Å². The minimum Gasteiger partial charge on any atom is -0.326 e. The SMILES string of the molecule is O=C(CCc1ccc(Cl)s1)Nc1cccc(-c2ncn[nH]2)c1. The van der Waals surface area contributed by atoms with Gasteiger partial charge in [0.25, 0.3) is 0 Å². The number of thiophene rings is 1. The molecule has 7 heteroatoms. The molecule has 5 nitrogen and oxygen atoms in total. The lowest BCUT2D eigenvalue weighted by atomic mass is 10.2. The summed E-state index contributed by atoms with van der Waals surface area (Å²) in [6, 6.07) is 11.3. The van der Waals surface area contributed by atoms with E-state index in [2.05, 4.69) is 20.5 Å². The van der Waals surface area contributed by atoms with E-state index in [1.807, 2.05) is 36.4 Å². The molecule has 0 bridgehead atoms. The zero-order valence-electron chi connectivity index (χ0n) is 11.5. The summed E-state index contributed by atoms with van der Waals surface area (Å²) in [5, 5.41) is 9.51. The van der Waals surface area contributed by atoms with Crippen molar-refractivity contribution < 1.29 is 4.79 Å². The predicted molar refractivity (Wildman–Crippen MR) is 88.1 cm³/mol. The number of nitrogens with one attached hydrogen (secondary N) is 2. The number of nitrogens with zero attached hydrogens (tertiary/aromatic N) is 2. The van der Waals surface area contributed by atoms with Crippen molar-refractivity contribution in [2.24, 2.45) is 0 Å². The van der Waals surface area contributed by atoms with E-state index in [1.165, 1.54) is 17.7 Å². The third kappa shape index (κ3) is 3.72. The molecule has 0 radical (unpaired) electrons. The molecule has 0 unspecified atom stereocenters. The van der Waals surface area contributed by atoms with Gasteiger partial charge in [0.15, 0.2) is 5.82 Å². The van der Waals surface area contributed by atoms with Crippen LogP contribution in [0.5, 0.6) is 0 Å². The van der Waals surface area contributed by atoms with Gasteiger partial charge in [0.2, 0.25) is 5.91 Å². The van der Waals surface area contributed by atoms with Crippen molar-refractivity contribution >= 4 is 34.5 Å². The molecule has 22 heavy (non-hydrogen) atoms. The lowest BCUT2D eigenvalue weighted by Crippen LogP contribution is -2.12. The number of rotatable bonds is 5. The number of benzene rings is 1. The van der Waals surface area contributed by atoms with Crippen molar-refractivity contribution in [1.29, 1.82) is 0 Å². The topological polar surface area (TPSA) is 70.7 Å². The van der Waals surface area contributed by atoms with Crippen molar-refractivity contribution in [3.63, 3.8) is 0 Å². The number of aromatic amines is 1. The lowest BCUT2D eigenvalue weighted by Gasteiger charge is -2.06. The highest BCUT2D eigenvalue weighted by Gasteiger charge is 2.07. The fourth-order valence-electron chi connectivity index (χ4n) is 2.04. The van der Waals surface area contributed by atoms with Crippen LogP contribution in [-0.4, -0.2) is 21.1 Å². The number of hydrogen-bond acceptors (Lipinski definition) is 4. The van der Waals surface area contributed by atoms with Crippen LogP contribution in [0, 0.1) is 0 Å². The molecule has 2 aromatic heterocycles. The molecule has 3 rings (SSSR count). The van der Waals surface area contributed by atoms with E-state index in [1.54, 1.807) is 0 Å². The summed E-state index contributed by atoms with van der Waals surface area (Å²) in [7, 11) is 0. The molecule has 0 aliphatic heterocycles. The maximum absolute atomic E-state index is 12.0. The molecular formula is C15H13ClN4OS. The summed E-state index contributed by atoms with van der Waals surface area (Å²) >= 11 is 7.38. The molecule has 1 aromatic carbocycles. The van der Waals surface area contributed by atoms with Crippen LogP contribution in [0.4, 0.5) is 5.69 Å². The number of H-pyrrole nitrogens is 1. The van der Waals surface area contributed by atoms with Crippen LogP contribution < -0.4 is 5.32 Å². The second-order valence-electron chi connectivity index (χ2n) is 4.67. The normalized spacial score (nSPS) is 10.6. The number of aromatic nitrogens is 3. The molecule has 112 valence electrons. The smallest absolute Gasteiger partial charge is 0.224 e. The van der Waals surface area contributed by atoms with E-state index in [9.17, 15) is 4.79 Å². The van der Waals surface area contributed by atoms with Gasteiger partial charge in [0, 0.05) is 22.5 Å². The second-order valence-corrected chi connectivity index (χ2v) is 6.47. The second kappa shape index (κ2) is 6.72. The first-order chi connectivity index (χ1) is 10.7. The predicted octanol–water partition coefficient (Wildman–Crippen LogP) is 3.76. The molecule has 0 saturated heterocycles. The Kier molecular flexibility index (Phi) is 4.50. The third-order valence-corrected chi connectivity index (χ3v) is 4.35. The Balaban J connectivity index is 1.60. The summed E-state index contributed by atoms with van der Waals surface area (Å²) in [5.41, 5.74) is 1.61. The minimum atomic E-state index is -0.0285. The van der Waals surface area contributed by atoms with Crippen LogP contribution in [0.15, 0.2) is 42.7 Å². The van der Waals surface area contributed by atoms with Crippen molar-refractivity contribution in [3.05, 3.63) is 51.9 Å². The Labute approximate surface area is 136 Å². The van der Waals surface area contributed by atoms with Gasteiger partial charge in [-0.25, -0.2) is 4.98 Å². The molecular weight excluding hydrogens is 320 g/mol. The Morgan fingerprint density at radius 3 is 2.95 bits per heavy atom. The fourth-order valence-corrected chi connectivity index (χ4v) is 3.12. The summed E-state index contributed by atoms with van der Waals surface area (Å²) in [5.74, 6) is 0.642. The quantitative estimate of drug-likeness (QED) is 0.747. The number of hydrogen-bond donors (Lipinski definition) is 2. The molecule has 0 atom stereocenters. The van der Waals surface area contributed by atoms with E-state index < -0.39 is 0 Å². The number of aryl methyl sites for hydroxylation is 1. The van der Waals surface area contributed by atoms with Crippen LogP contribution in [0.2, 0.25) is 4.34 Å². The first-order valence-electron chi connectivity index (χ1n) is 6.70. The van der Waals surface area contributed by atoms with Crippen molar-refractivity contribution in [2.75, 3.05) is 5.32 Å². The number of amides is 1. The van der Waals surface area contributed by atoms with E-state index in [-0.39, 0.29) is 5.91 Å². The number of carbonyl (C=O) groups excluding carboxylic acids is 1. The molecule has 0 spiro atoms. The van der Waals surface area contributed by atoms with Gasteiger partial charge < -0.3 is 5.32 Å². The van der Waals surface area contributed by atoms with Gasteiger partial charge in [-0.1, -0.05) is 23.7 Å². The van der Waals surface area contributed by atoms with Gasteiger partial charge >= 0.3 is 0 Å². The number of anilines is 1. The average molecular weight is 333 g/mol. The number of carbonyl (C=O) groups is 1. The average Bonchev–Trinajstić information content (AvgIpc) is 3.17. The Hall–Kier alpha value is -2.18. The Morgan fingerprint density at radius 2 is 2.23 bits per heavy atom. The Bertz CT molecular complexity index is 769. The molecule has 2 heterocycles. The van der Waals surface area contributed by atoms with Crippen molar-refractivity contribution in [2.45, 2.75) is 12.8 Å². The summed E-state index contributed by atoms with van der Waals surface area (Å²) in [6.07, 6.45) is 2.56. The van der Waals surface area contributed by atoms with E-state index in [4.69, 9.17) is 11.6 Å². The zero-order valence-corrected chi connectivity index (χ0v) is 13.1. The van der Waals surface area contributed by atoms with Gasteiger partial charge in [-0.3, -0.25) is 9.89 Å². The molecule has 2 N–H and O–H groups in total. The molecule has 0 fully saturated rings. The molecule has 0 aliphatic rings. The van der Waals surface area contributed by atoms with E-state index in [0.717, 1.165) is 20.5 Å². The monoisotopic (exact) mass is 332 g/mol. The maximum atomic E-state index is 12.0. The largest absolute Gasteiger partial charge is 0.326 e.